The van der Waals surface area contributed by atoms with Gasteiger partial charge in [-0.05, 0) is 43.7 Å². The minimum atomic E-state index is -3.43. The summed E-state index contributed by atoms with van der Waals surface area (Å²) in [5, 5.41) is 0. The van der Waals surface area contributed by atoms with Gasteiger partial charge in [0, 0.05) is 45.2 Å². The van der Waals surface area contributed by atoms with Gasteiger partial charge in [-0.3, -0.25) is 9.69 Å². The molecular formula is C19H29N3O4S2. The van der Waals surface area contributed by atoms with Crippen LogP contribution in [0.4, 0.5) is 0 Å². The molecule has 7 nitrogen and oxygen atoms in total. The lowest BCUT2D eigenvalue weighted by atomic mass is 10.2. The first-order valence-corrected chi connectivity index (χ1v) is 12.2. The highest BCUT2D eigenvalue weighted by atomic mass is 32.2. The highest BCUT2D eigenvalue weighted by Gasteiger charge is 2.33. The maximum atomic E-state index is 12.8. The maximum absolute atomic E-state index is 12.8. The number of hydrogen-bond acceptors (Lipinski definition) is 6. The quantitative estimate of drug-likeness (QED) is 0.654. The molecule has 3 rings (SSSR count). The summed E-state index contributed by atoms with van der Waals surface area (Å²) in [7, 11) is -0.409. The van der Waals surface area contributed by atoms with E-state index >= 15 is 0 Å². The van der Waals surface area contributed by atoms with E-state index in [1.807, 2.05) is 16.7 Å². The van der Waals surface area contributed by atoms with E-state index in [4.69, 9.17) is 4.74 Å². The number of likely N-dealkylation sites (tertiary alicyclic amines) is 1. The van der Waals surface area contributed by atoms with Crippen molar-refractivity contribution in [3.05, 3.63) is 24.3 Å². The Kier molecular flexibility index (Phi) is 7.25. The minimum absolute atomic E-state index is 0.0284. The topological polar surface area (TPSA) is 70.2 Å². The second-order valence-corrected chi connectivity index (χ2v) is 10.6. The van der Waals surface area contributed by atoms with Gasteiger partial charge in [0.25, 0.3) is 0 Å². The van der Waals surface area contributed by atoms with E-state index in [2.05, 4.69) is 4.90 Å². The number of thioether (sulfide) groups is 1. The Hall–Kier alpha value is -1.29. The van der Waals surface area contributed by atoms with Gasteiger partial charge in [0.2, 0.25) is 15.9 Å². The van der Waals surface area contributed by atoms with Crippen molar-refractivity contribution in [2.45, 2.75) is 23.8 Å². The van der Waals surface area contributed by atoms with Crippen molar-refractivity contribution < 1.29 is 17.9 Å². The number of carbonyl (C=O) groups excluding carboxylic acids is 1. The molecule has 0 aliphatic carbocycles. The standard InChI is InChI=1S/C19H29N3O4S2/c1-20(2)28(24,25)17-7-5-16(6-8-17)26-13-10-21-9-3-4-18(21)19(23)22-11-14-27-15-12-22/h5-8,18H,3-4,9-15H2,1-2H3. The van der Waals surface area contributed by atoms with Crippen molar-refractivity contribution in [1.82, 2.24) is 14.1 Å². The third kappa shape index (κ3) is 5.00. The number of sulfonamides is 1. The van der Waals surface area contributed by atoms with Gasteiger partial charge in [-0.2, -0.15) is 11.8 Å². The van der Waals surface area contributed by atoms with Gasteiger partial charge in [0.15, 0.2) is 0 Å². The summed E-state index contributed by atoms with van der Waals surface area (Å²) in [6, 6.07) is 6.44. The summed E-state index contributed by atoms with van der Waals surface area (Å²) in [4.78, 5) is 17.3. The van der Waals surface area contributed by atoms with E-state index < -0.39 is 10.0 Å². The Balaban J connectivity index is 1.50. The molecule has 2 fully saturated rings. The summed E-state index contributed by atoms with van der Waals surface area (Å²) < 4.78 is 31.2. The zero-order valence-electron chi connectivity index (χ0n) is 16.5. The summed E-state index contributed by atoms with van der Waals surface area (Å²) in [6.45, 7) is 3.79. The van der Waals surface area contributed by atoms with Gasteiger partial charge in [-0.25, -0.2) is 12.7 Å². The zero-order valence-corrected chi connectivity index (χ0v) is 18.2. The van der Waals surface area contributed by atoms with E-state index in [9.17, 15) is 13.2 Å². The Morgan fingerprint density at radius 1 is 1.18 bits per heavy atom. The van der Waals surface area contributed by atoms with Crippen molar-refractivity contribution in [2.75, 3.05) is 58.4 Å². The van der Waals surface area contributed by atoms with Gasteiger partial charge >= 0.3 is 0 Å². The average Bonchev–Trinajstić information content (AvgIpc) is 3.17. The third-order valence-electron chi connectivity index (χ3n) is 5.22. The number of carbonyl (C=O) groups is 1. The first-order valence-electron chi connectivity index (χ1n) is 9.65. The van der Waals surface area contributed by atoms with E-state index in [-0.39, 0.29) is 16.8 Å². The molecule has 156 valence electrons. The fourth-order valence-corrected chi connectivity index (χ4v) is 5.37. The monoisotopic (exact) mass is 427 g/mol. The second kappa shape index (κ2) is 9.47. The smallest absolute Gasteiger partial charge is 0.242 e. The summed E-state index contributed by atoms with van der Waals surface area (Å²) in [6.07, 6.45) is 1.95. The Morgan fingerprint density at radius 2 is 1.86 bits per heavy atom. The third-order valence-corrected chi connectivity index (χ3v) is 7.99. The van der Waals surface area contributed by atoms with E-state index in [1.165, 1.54) is 18.4 Å². The molecule has 28 heavy (non-hydrogen) atoms. The van der Waals surface area contributed by atoms with Crippen LogP contribution in [-0.4, -0.2) is 92.9 Å². The van der Waals surface area contributed by atoms with Gasteiger partial charge in [-0.15, -0.1) is 0 Å². The van der Waals surface area contributed by atoms with Crippen LogP contribution in [0.25, 0.3) is 0 Å². The molecule has 1 amide bonds. The number of hydrogen-bond donors (Lipinski definition) is 0. The molecule has 0 aromatic heterocycles. The number of rotatable bonds is 7. The van der Waals surface area contributed by atoms with Crippen LogP contribution in [0.5, 0.6) is 5.75 Å². The molecule has 0 bridgehead atoms. The number of benzene rings is 1. The molecule has 1 unspecified atom stereocenters. The molecule has 2 heterocycles. The van der Waals surface area contributed by atoms with Gasteiger partial charge in [-0.1, -0.05) is 0 Å². The molecule has 1 aromatic rings. The molecule has 0 saturated carbocycles. The minimum Gasteiger partial charge on any atom is -0.492 e. The zero-order chi connectivity index (χ0) is 20.1. The van der Waals surface area contributed by atoms with Crippen molar-refractivity contribution >= 4 is 27.7 Å². The van der Waals surface area contributed by atoms with E-state index in [0.29, 0.717) is 18.9 Å². The van der Waals surface area contributed by atoms with Crippen LogP contribution in [0.2, 0.25) is 0 Å². The van der Waals surface area contributed by atoms with Crippen molar-refractivity contribution in [3.8, 4) is 5.75 Å². The Labute approximate surface area is 172 Å². The first-order chi connectivity index (χ1) is 13.4. The number of amides is 1. The molecule has 1 aromatic carbocycles. The Morgan fingerprint density at radius 3 is 2.50 bits per heavy atom. The van der Waals surface area contributed by atoms with Crippen LogP contribution < -0.4 is 4.74 Å². The molecule has 2 aliphatic heterocycles. The molecule has 2 saturated heterocycles. The fourth-order valence-electron chi connectivity index (χ4n) is 3.57. The summed E-state index contributed by atoms with van der Waals surface area (Å²) >= 11 is 1.91. The van der Waals surface area contributed by atoms with Crippen LogP contribution in [0.1, 0.15) is 12.8 Å². The molecule has 0 N–H and O–H groups in total. The van der Waals surface area contributed by atoms with Crippen molar-refractivity contribution in [1.29, 1.82) is 0 Å². The fraction of sp³-hybridized carbons (Fsp3) is 0.632. The average molecular weight is 428 g/mol. The van der Waals surface area contributed by atoms with Gasteiger partial charge in [0.1, 0.15) is 12.4 Å². The summed E-state index contributed by atoms with van der Waals surface area (Å²) in [5.74, 6) is 2.95. The van der Waals surface area contributed by atoms with Crippen molar-refractivity contribution in [2.24, 2.45) is 0 Å². The molecule has 9 heteroatoms. The second-order valence-electron chi connectivity index (χ2n) is 7.24. The predicted octanol–water partition coefficient (Wildman–Crippen LogP) is 1.36. The maximum Gasteiger partial charge on any atom is 0.242 e. The lowest BCUT2D eigenvalue weighted by molar-refractivity contribution is -0.135. The van der Waals surface area contributed by atoms with Crippen LogP contribution in [0.3, 0.4) is 0 Å². The molecule has 2 aliphatic rings. The molecule has 0 spiro atoms. The predicted molar refractivity (Wildman–Crippen MR) is 111 cm³/mol. The van der Waals surface area contributed by atoms with Gasteiger partial charge < -0.3 is 9.64 Å². The van der Waals surface area contributed by atoms with Crippen LogP contribution in [0.15, 0.2) is 29.2 Å². The molecule has 1 atom stereocenters. The Bertz CT molecular complexity index is 762. The highest BCUT2D eigenvalue weighted by molar-refractivity contribution is 7.99. The SMILES string of the molecule is CN(C)S(=O)(=O)c1ccc(OCCN2CCCC2C(=O)N2CCSCC2)cc1. The van der Waals surface area contributed by atoms with Crippen molar-refractivity contribution in [3.63, 3.8) is 0 Å². The van der Waals surface area contributed by atoms with Crippen LogP contribution >= 0.6 is 11.8 Å². The normalized spacial score (nSPS) is 21.2. The van der Waals surface area contributed by atoms with Crippen LogP contribution in [-0.2, 0) is 14.8 Å². The highest BCUT2D eigenvalue weighted by Crippen LogP contribution is 2.22. The molecule has 0 radical (unpaired) electrons. The van der Waals surface area contributed by atoms with E-state index in [1.54, 1.807) is 24.3 Å². The van der Waals surface area contributed by atoms with Crippen LogP contribution in [0, 0.1) is 0 Å². The number of ether oxygens (including phenoxy) is 1. The largest absolute Gasteiger partial charge is 0.492 e. The van der Waals surface area contributed by atoms with Gasteiger partial charge in [0.05, 0.1) is 10.9 Å². The van der Waals surface area contributed by atoms with E-state index in [0.717, 1.165) is 44.0 Å². The first kappa shape index (κ1) is 21.4. The number of nitrogens with zero attached hydrogens (tertiary/aromatic N) is 3. The lowest BCUT2D eigenvalue weighted by Gasteiger charge is -2.32. The summed E-state index contributed by atoms with van der Waals surface area (Å²) in [5.41, 5.74) is 0. The lowest BCUT2D eigenvalue weighted by Crippen LogP contribution is -2.49. The molecular weight excluding hydrogens is 398 g/mol.